The summed E-state index contributed by atoms with van der Waals surface area (Å²) >= 11 is 1.32. The molecule has 0 saturated heterocycles. The summed E-state index contributed by atoms with van der Waals surface area (Å²) in [6.07, 6.45) is 4.66. The van der Waals surface area contributed by atoms with Gasteiger partial charge < -0.3 is 15.9 Å². The number of nitrogen functional groups attached to an aromatic ring is 1. The highest BCUT2D eigenvalue weighted by molar-refractivity contribution is 8.00. The summed E-state index contributed by atoms with van der Waals surface area (Å²) in [5.41, 5.74) is 0.839. The van der Waals surface area contributed by atoms with Crippen molar-refractivity contribution in [1.29, 1.82) is 0 Å². The summed E-state index contributed by atoms with van der Waals surface area (Å²) in [4.78, 5) is 12.6. The van der Waals surface area contributed by atoms with Gasteiger partial charge in [-0.05, 0) is 49.9 Å². The standard InChI is InChI=1S/C19H27N5O2S/c1-12-6-4-5-7-16(12)21-18(25)13(2)27-19-23-22-17(24(19)20)14-8-10-15(26-3)11-9-14/h8-13,16H,4-7,20H2,1-3H3,(H,21,25)/t12-,13+,16-/m0/s1. The van der Waals surface area contributed by atoms with Gasteiger partial charge in [0.25, 0.3) is 0 Å². The van der Waals surface area contributed by atoms with Crippen LogP contribution in [0.2, 0.25) is 0 Å². The maximum atomic E-state index is 12.6. The Kier molecular flexibility index (Phi) is 6.26. The van der Waals surface area contributed by atoms with Gasteiger partial charge in [0.1, 0.15) is 5.75 Å². The van der Waals surface area contributed by atoms with E-state index in [1.165, 1.54) is 35.7 Å². The molecular weight excluding hydrogens is 362 g/mol. The minimum Gasteiger partial charge on any atom is -0.497 e. The van der Waals surface area contributed by atoms with E-state index in [4.69, 9.17) is 10.6 Å². The molecule has 0 spiro atoms. The van der Waals surface area contributed by atoms with Gasteiger partial charge in [-0.1, -0.05) is 31.5 Å². The molecule has 3 rings (SSSR count). The molecule has 0 unspecified atom stereocenters. The average Bonchev–Trinajstić information content (AvgIpc) is 3.04. The number of amides is 1. The molecule has 27 heavy (non-hydrogen) atoms. The zero-order valence-corrected chi connectivity index (χ0v) is 16.8. The van der Waals surface area contributed by atoms with E-state index in [0.29, 0.717) is 16.9 Å². The van der Waals surface area contributed by atoms with Crippen molar-refractivity contribution in [1.82, 2.24) is 20.2 Å². The van der Waals surface area contributed by atoms with Gasteiger partial charge in [-0.25, -0.2) is 4.68 Å². The van der Waals surface area contributed by atoms with E-state index in [1.807, 2.05) is 31.2 Å². The second-order valence-electron chi connectivity index (χ2n) is 7.04. The lowest BCUT2D eigenvalue weighted by atomic mass is 9.86. The highest BCUT2D eigenvalue weighted by Gasteiger charge is 2.26. The highest BCUT2D eigenvalue weighted by Crippen LogP contribution is 2.27. The van der Waals surface area contributed by atoms with Crippen LogP contribution in [0.4, 0.5) is 0 Å². The van der Waals surface area contributed by atoms with Crippen LogP contribution in [0.25, 0.3) is 11.4 Å². The fourth-order valence-corrected chi connectivity index (χ4v) is 4.12. The summed E-state index contributed by atoms with van der Waals surface area (Å²) in [6.45, 7) is 4.08. The summed E-state index contributed by atoms with van der Waals surface area (Å²) in [6, 6.07) is 7.71. The molecule has 1 aromatic carbocycles. The first-order chi connectivity index (χ1) is 13.0. The van der Waals surface area contributed by atoms with Crippen molar-refractivity contribution in [2.45, 2.75) is 56.0 Å². The van der Waals surface area contributed by atoms with E-state index in [0.717, 1.165) is 17.7 Å². The van der Waals surface area contributed by atoms with Gasteiger partial charge in [0.05, 0.1) is 12.4 Å². The minimum atomic E-state index is -0.297. The van der Waals surface area contributed by atoms with Crippen LogP contribution in [0.5, 0.6) is 5.75 Å². The van der Waals surface area contributed by atoms with Crippen LogP contribution in [-0.2, 0) is 4.79 Å². The van der Waals surface area contributed by atoms with Crippen LogP contribution < -0.4 is 15.9 Å². The molecule has 0 radical (unpaired) electrons. The second kappa shape index (κ2) is 8.65. The van der Waals surface area contributed by atoms with E-state index in [1.54, 1.807) is 7.11 Å². The van der Waals surface area contributed by atoms with Gasteiger partial charge in [-0.3, -0.25) is 4.79 Å². The lowest BCUT2D eigenvalue weighted by Gasteiger charge is -2.30. The molecule has 146 valence electrons. The number of aromatic nitrogens is 3. The number of nitrogens with two attached hydrogens (primary N) is 1. The number of nitrogens with one attached hydrogen (secondary N) is 1. The Morgan fingerprint density at radius 2 is 2.00 bits per heavy atom. The summed E-state index contributed by atoms with van der Waals surface area (Å²) < 4.78 is 6.60. The van der Waals surface area contributed by atoms with Gasteiger partial charge in [0.2, 0.25) is 11.1 Å². The van der Waals surface area contributed by atoms with E-state index >= 15 is 0 Å². The Balaban J connectivity index is 1.64. The smallest absolute Gasteiger partial charge is 0.233 e. The number of nitrogens with zero attached hydrogens (tertiary/aromatic N) is 3. The lowest BCUT2D eigenvalue weighted by Crippen LogP contribution is -2.44. The normalized spacial score (nSPS) is 20.9. The first-order valence-corrected chi connectivity index (χ1v) is 10.2. The molecule has 1 saturated carbocycles. The van der Waals surface area contributed by atoms with Crippen molar-refractivity contribution in [2.24, 2.45) is 5.92 Å². The van der Waals surface area contributed by atoms with Crippen LogP contribution >= 0.6 is 11.8 Å². The number of hydrogen-bond donors (Lipinski definition) is 2. The molecule has 0 aliphatic heterocycles. The largest absolute Gasteiger partial charge is 0.497 e. The molecular formula is C19H27N5O2S. The number of rotatable bonds is 6. The highest BCUT2D eigenvalue weighted by atomic mass is 32.2. The molecule has 1 aliphatic carbocycles. The van der Waals surface area contributed by atoms with Gasteiger partial charge >= 0.3 is 0 Å². The van der Waals surface area contributed by atoms with Crippen LogP contribution in [-0.4, -0.2) is 39.2 Å². The van der Waals surface area contributed by atoms with Crippen LogP contribution in [0, 0.1) is 5.92 Å². The molecule has 1 fully saturated rings. The molecule has 1 aromatic heterocycles. The van der Waals surface area contributed by atoms with Gasteiger partial charge in [0, 0.05) is 11.6 Å². The minimum absolute atomic E-state index is 0.0211. The van der Waals surface area contributed by atoms with Gasteiger partial charge in [-0.15, -0.1) is 10.2 Å². The average molecular weight is 390 g/mol. The first kappa shape index (κ1) is 19.5. The van der Waals surface area contributed by atoms with Gasteiger partial charge in [0.15, 0.2) is 5.82 Å². The van der Waals surface area contributed by atoms with Crippen LogP contribution in [0.1, 0.15) is 39.5 Å². The number of carbonyl (C=O) groups is 1. The lowest BCUT2D eigenvalue weighted by molar-refractivity contribution is -0.121. The third-order valence-electron chi connectivity index (χ3n) is 5.10. The van der Waals surface area contributed by atoms with Crippen molar-refractivity contribution in [2.75, 3.05) is 13.0 Å². The van der Waals surface area contributed by atoms with Gasteiger partial charge in [-0.2, -0.15) is 0 Å². The fourth-order valence-electron chi connectivity index (χ4n) is 3.34. The Bertz CT molecular complexity index is 777. The topological polar surface area (TPSA) is 95.1 Å². The van der Waals surface area contributed by atoms with E-state index in [-0.39, 0.29) is 17.2 Å². The summed E-state index contributed by atoms with van der Waals surface area (Å²) in [5.74, 6) is 8.03. The van der Waals surface area contributed by atoms with E-state index in [2.05, 4.69) is 22.4 Å². The SMILES string of the molecule is COc1ccc(-c2nnc(S[C@H](C)C(=O)N[C@H]3CCCC[C@@H]3C)n2N)cc1. The first-order valence-electron chi connectivity index (χ1n) is 9.31. The predicted octanol–water partition coefficient (Wildman–Crippen LogP) is 2.84. The Hall–Kier alpha value is -2.22. The Morgan fingerprint density at radius 1 is 1.30 bits per heavy atom. The maximum Gasteiger partial charge on any atom is 0.233 e. The Morgan fingerprint density at radius 3 is 2.67 bits per heavy atom. The molecule has 1 amide bonds. The van der Waals surface area contributed by atoms with Crippen molar-refractivity contribution in [3.8, 4) is 17.1 Å². The fraction of sp³-hybridized carbons (Fsp3) is 0.526. The van der Waals surface area contributed by atoms with Crippen molar-refractivity contribution in [3.63, 3.8) is 0 Å². The molecule has 1 aliphatic rings. The second-order valence-corrected chi connectivity index (χ2v) is 8.35. The number of ether oxygens (including phenoxy) is 1. The van der Waals surface area contributed by atoms with Crippen molar-refractivity contribution >= 4 is 17.7 Å². The van der Waals surface area contributed by atoms with Crippen LogP contribution in [0.15, 0.2) is 29.4 Å². The third kappa shape index (κ3) is 4.55. The number of carbonyl (C=O) groups excluding carboxylic acids is 1. The number of methoxy groups -OCH3 is 1. The predicted molar refractivity (Wildman–Crippen MR) is 107 cm³/mol. The number of thioether (sulfide) groups is 1. The quantitative estimate of drug-likeness (QED) is 0.583. The van der Waals surface area contributed by atoms with Crippen molar-refractivity contribution in [3.05, 3.63) is 24.3 Å². The summed E-state index contributed by atoms with van der Waals surface area (Å²) in [7, 11) is 1.62. The molecule has 3 N–H and O–H groups in total. The van der Waals surface area contributed by atoms with E-state index < -0.39 is 0 Å². The molecule has 0 bridgehead atoms. The van der Waals surface area contributed by atoms with Crippen LogP contribution in [0.3, 0.4) is 0 Å². The molecule has 2 aromatic rings. The number of benzene rings is 1. The molecule has 3 atom stereocenters. The molecule has 8 heteroatoms. The Labute approximate surface area is 164 Å². The zero-order chi connectivity index (χ0) is 19.4. The van der Waals surface area contributed by atoms with E-state index in [9.17, 15) is 4.79 Å². The number of hydrogen-bond acceptors (Lipinski definition) is 6. The zero-order valence-electron chi connectivity index (χ0n) is 16.0. The molecule has 7 nitrogen and oxygen atoms in total. The molecule has 1 heterocycles. The summed E-state index contributed by atoms with van der Waals surface area (Å²) in [5, 5.41) is 11.7. The third-order valence-corrected chi connectivity index (χ3v) is 6.16. The maximum absolute atomic E-state index is 12.6. The van der Waals surface area contributed by atoms with Crippen molar-refractivity contribution < 1.29 is 9.53 Å². The monoisotopic (exact) mass is 389 g/mol.